The van der Waals surface area contributed by atoms with Crippen LogP contribution in [0.2, 0.25) is 0 Å². The van der Waals surface area contributed by atoms with Gasteiger partial charge in [0, 0.05) is 29.4 Å². The fourth-order valence-corrected chi connectivity index (χ4v) is 5.18. The topological polar surface area (TPSA) is 72.1 Å². The molecule has 3 rings (SSSR count). The normalized spacial score (nSPS) is 16.7. The molecule has 1 aliphatic rings. The van der Waals surface area contributed by atoms with Crippen LogP contribution in [0.25, 0.3) is 10.2 Å². The van der Waals surface area contributed by atoms with Crippen LogP contribution in [-0.4, -0.2) is 45.7 Å². The van der Waals surface area contributed by atoms with E-state index in [0.29, 0.717) is 11.7 Å². The summed E-state index contributed by atoms with van der Waals surface area (Å²) in [6.07, 6.45) is 3.61. The lowest BCUT2D eigenvalue weighted by Gasteiger charge is -2.33. The molecule has 1 saturated heterocycles. The average Bonchev–Trinajstić information content (AvgIpc) is 2.88. The lowest BCUT2D eigenvalue weighted by molar-refractivity contribution is -0.129. The van der Waals surface area contributed by atoms with Gasteiger partial charge < -0.3 is 10.6 Å². The van der Waals surface area contributed by atoms with Gasteiger partial charge in [0.05, 0.1) is 5.75 Å². The van der Waals surface area contributed by atoms with Gasteiger partial charge in [0.15, 0.2) is 0 Å². The Morgan fingerprint density at radius 3 is 2.72 bits per heavy atom. The highest BCUT2D eigenvalue weighted by Crippen LogP contribution is 2.34. The monoisotopic (exact) mass is 400 g/mol. The standard InChI is InChI=1S/C17H24N4OS2.ClH/c1-10-12(3)24-17-15(10)16(19-9-20-17)23-8-14(22)21-6-4-13(5-7-21)11(2)18;/h9,11,13H,4-8,18H2,1-3H3;1H. The Labute approximate surface area is 163 Å². The molecule has 2 N–H and O–H groups in total. The number of thioether (sulfide) groups is 1. The number of carbonyl (C=O) groups is 1. The molecule has 1 unspecified atom stereocenters. The van der Waals surface area contributed by atoms with Crippen molar-refractivity contribution in [3.05, 3.63) is 16.8 Å². The average molecular weight is 401 g/mol. The van der Waals surface area contributed by atoms with Gasteiger partial charge in [-0.25, -0.2) is 9.97 Å². The van der Waals surface area contributed by atoms with E-state index in [1.165, 1.54) is 22.2 Å². The summed E-state index contributed by atoms with van der Waals surface area (Å²) in [6.45, 7) is 7.90. The number of hydrogen-bond donors (Lipinski definition) is 1. The molecule has 1 amide bonds. The van der Waals surface area contributed by atoms with Gasteiger partial charge >= 0.3 is 0 Å². The Morgan fingerprint density at radius 1 is 1.40 bits per heavy atom. The van der Waals surface area contributed by atoms with Gasteiger partial charge in [0.2, 0.25) is 5.91 Å². The minimum absolute atomic E-state index is 0. The highest BCUT2D eigenvalue weighted by molar-refractivity contribution is 8.00. The molecule has 0 aliphatic carbocycles. The summed E-state index contributed by atoms with van der Waals surface area (Å²) in [6, 6.07) is 0.218. The zero-order chi connectivity index (χ0) is 17.3. The molecule has 0 bridgehead atoms. The van der Waals surface area contributed by atoms with Crippen molar-refractivity contribution in [2.75, 3.05) is 18.8 Å². The van der Waals surface area contributed by atoms with Gasteiger partial charge in [0.25, 0.3) is 0 Å². The fraction of sp³-hybridized carbons (Fsp3) is 0.588. The lowest BCUT2D eigenvalue weighted by atomic mass is 9.91. The Kier molecular flexibility index (Phi) is 7.08. The molecule has 1 aliphatic heterocycles. The van der Waals surface area contributed by atoms with Gasteiger partial charge in [-0.3, -0.25) is 4.79 Å². The maximum Gasteiger partial charge on any atom is 0.232 e. The third-order valence-corrected chi connectivity index (χ3v) is 6.99. The number of aryl methyl sites for hydroxylation is 2. The number of carbonyl (C=O) groups excluding carboxylic acids is 1. The van der Waals surface area contributed by atoms with Crippen molar-refractivity contribution in [1.29, 1.82) is 0 Å². The number of piperidine rings is 1. The van der Waals surface area contributed by atoms with E-state index in [4.69, 9.17) is 5.73 Å². The van der Waals surface area contributed by atoms with Gasteiger partial charge in [0.1, 0.15) is 16.2 Å². The summed E-state index contributed by atoms with van der Waals surface area (Å²) in [4.78, 5) is 25.5. The number of halogens is 1. The van der Waals surface area contributed by atoms with Crippen molar-refractivity contribution in [3.63, 3.8) is 0 Å². The van der Waals surface area contributed by atoms with Crippen LogP contribution in [0.5, 0.6) is 0 Å². The van der Waals surface area contributed by atoms with E-state index in [-0.39, 0.29) is 24.4 Å². The van der Waals surface area contributed by atoms with Crippen molar-refractivity contribution < 1.29 is 4.79 Å². The summed E-state index contributed by atoms with van der Waals surface area (Å²) in [7, 11) is 0. The highest BCUT2D eigenvalue weighted by atomic mass is 35.5. The quantitative estimate of drug-likeness (QED) is 0.628. The van der Waals surface area contributed by atoms with E-state index >= 15 is 0 Å². The predicted molar refractivity (Wildman–Crippen MR) is 108 cm³/mol. The van der Waals surface area contributed by atoms with Crippen LogP contribution in [0.1, 0.15) is 30.2 Å². The number of aromatic nitrogens is 2. The van der Waals surface area contributed by atoms with Crippen molar-refractivity contribution >= 4 is 51.6 Å². The number of rotatable bonds is 4. The van der Waals surface area contributed by atoms with Crippen LogP contribution in [0, 0.1) is 19.8 Å². The first kappa shape index (κ1) is 20.4. The smallest absolute Gasteiger partial charge is 0.232 e. The van der Waals surface area contributed by atoms with Crippen LogP contribution in [0.4, 0.5) is 0 Å². The third kappa shape index (κ3) is 4.45. The van der Waals surface area contributed by atoms with Crippen LogP contribution in [0.3, 0.4) is 0 Å². The third-order valence-electron chi connectivity index (χ3n) is 4.90. The molecular weight excluding hydrogens is 376 g/mol. The van der Waals surface area contributed by atoms with Crippen molar-refractivity contribution in [1.82, 2.24) is 14.9 Å². The number of hydrogen-bond acceptors (Lipinski definition) is 6. The summed E-state index contributed by atoms with van der Waals surface area (Å²) in [5.74, 6) is 1.17. The van der Waals surface area contributed by atoms with Crippen molar-refractivity contribution in [2.24, 2.45) is 11.7 Å². The Bertz CT molecular complexity index is 742. The Hall–Kier alpha value is -0.890. The molecule has 1 atom stereocenters. The molecule has 0 spiro atoms. The molecule has 138 valence electrons. The number of fused-ring (bicyclic) bond motifs is 1. The number of likely N-dealkylation sites (tertiary alicyclic amines) is 1. The first-order chi connectivity index (χ1) is 11.5. The molecular formula is C17H25ClN4OS2. The first-order valence-corrected chi connectivity index (χ1v) is 10.1. The number of thiophene rings is 1. The summed E-state index contributed by atoms with van der Waals surface area (Å²) in [5, 5.41) is 2.02. The molecule has 0 aromatic carbocycles. The molecule has 5 nitrogen and oxygen atoms in total. The highest BCUT2D eigenvalue weighted by Gasteiger charge is 2.25. The van der Waals surface area contributed by atoms with Crippen LogP contribution >= 0.6 is 35.5 Å². The minimum atomic E-state index is 0. The molecule has 0 radical (unpaired) electrons. The van der Waals surface area contributed by atoms with Gasteiger partial charge in [-0.1, -0.05) is 11.8 Å². The lowest BCUT2D eigenvalue weighted by Crippen LogP contribution is -2.43. The summed E-state index contributed by atoms with van der Waals surface area (Å²) >= 11 is 3.21. The molecule has 0 saturated carbocycles. The molecule has 2 aromatic rings. The second-order valence-electron chi connectivity index (χ2n) is 6.51. The van der Waals surface area contributed by atoms with Gasteiger partial charge in [-0.2, -0.15) is 0 Å². The second kappa shape index (κ2) is 8.66. The van der Waals surface area contributed by atoms with Crippen LogP contribution < -0.4 is 5.73 Å². The SMILES string of the molecule is Cc1sc2ncnc(SCC(=O)N3CCC(C(C)N)CC3)c2c1C.Cl. The van der Waals surface area contributed by atoms with Crippen molar-refractivity contribution in [2.45, 2.75) is 44.7 Å². The van der Waals surface area contributed by atoms with E-state index in [9.17, 15) is 4.79 Å². The Morgan fingerprint density at radius 2 is 2.08 bits per heavy atom. The zero-order valence-electron chi connectivity index (χ0n) is 14.8. The largest absolute Gasteiger partial charge is 0.342 e. The van der Waals surface area contributed by atoms with Gasteiger partial charge in [-0.15, -0.1) is 23.7 Å². The van der Waals surface area contributed by atoms with E-state index in [0.717, 1.165) is 41.2 Å². The predicted octanol–water partition coefficient (Wildman–Crippen LogP) is 3.41. The maximum atomic E-state index is 12.5. The zero-order valence-corrected chi connectivity index (χ0v) is 17.3. The molecule has 25 heavy (non-hydrogen) atoms. The van der Waals surface area contributed by atoms with E-state index < -0.39 is 0 Å². The second-order valence-corrected chi connectivity index (χ2v) is 8.68. The maximum absolute atomic E-state index is 12.5. The van der Waals surface area contributed by atoms with E-state index in [1.54, 1.807) is 17.7 Å². The molecule has 1 fully saturated rings. The summed E-state index contributed by atoms with van der Waals surface area (Å²) < 4.78 is 0. The number of nitrogens with two attached hydrogens (primary N) is 1. The van der Waals surface area contributed by atoms with E-state index in [1.807, 2.05) is 4.90 Å². The number of amides is 1. The van der Waals surface area contributed by atoms with E-state index in [2.05, 4.69) is 30.7 Å². The Balaban J connectivity index is 0.00000225. The van der Waals surface area contributed by atoms with Crippen LogP contribution in [-0.2, 0) is 4.79 Å². The molecule has 8 heteroatoms. The van der Waals surface area contributed by atoms with Gasteiger partial charge in [-0.05, 0) is 45.1 Å². The van der Waals surface area contributed by atoms with Crippen LogP contribution in [0.15, 0.2) is 11.4 Å². The van der Waals surface area contributed by atoms with Crippen molar-refractivity contribution in [3.8, 4) is 0 Å². The fourth-order valence-electron chi connectivity index (χ4n) is 3.16. The first-order valence-electron chi connectivity index (χ1n) is 8.34. The number of nitrogens with zero attached hydrogens (tertiary/aromatic N) is 3. The molecule has 2 aromatic heterocycles. The minimum Gasteiger partial charge on any atom is -0.342 e. The summed E-state index contributed by atoms with van der Waals surface area (Å²) in [5.41, 5.74) is 7.20. The molecule has 3 heterocycles.